The molecule has 0 bridgehead atoms. The van der Waals surface area contributed by atoms with Crippen LogP contribution in [0.1, 0.15) is 34.5 Å². The van der Waals surface area contributed by atoms with Crippen LogP contribution in [0.4, 0.5) is 0 Å². The maximum atomic E-state index is 12.5. The Hall–Kier alpha value is -2.15. The largest absolute Gasteiger partial charge is 0.478 e. The van der Waals surface area contributed by atoms with Crippen LogP contribution in [0.2, 0.25) is 0 Å². The van der Waals surface area contributed by atoms with E-state index in [9.17, 15) is 14.4 Å². The average molecular weight is 308 g/mol. The van der Waals surface area contributed by atoms with Crippen LogP contribution in [-0.2, 0) is 9.59 Å². The zero-order chi connectivity index (χ0) is 15.4. The lowest BCUT2D eigenvalue weighted by Gasteiger charge is -2.33. The predicted octanol–water partition coefficient (Wildman–Crippen LogP) is 1.33. The SMILES string of the molecule is NC(=O)C1CCCCN1C(=O)c1csc(C=CC(=O)O)c1. The smallest absolute Gasteiger partial charge is 0.328 e. The van der Waals surface area contributed by atoms with Gasteiger partial charge in [0.2, 0.25) is 5.91 Å². The molecule has 0 spiro atoms. The Morgan fingerprint density at radius 1 is 1.38 bits per heavy atom. The zero-order valence-electron chi connectivity index (χ0n) is 11.3. The van der Waals surface area contributed by atoms with E-state index in [-0.39, 0.29) is 5.91 Å². The topological polar surface area (TPSA) is 101 Å². The van der Waals surface area contributed by atoms with Gasteiger partial charge in [-0.15, -0.1) is 11.3 Å². The van der Waals surface area contributed by atoms with E-state index < -0.39 is 17.9 Å². The number of carboxylic acid groups (broad SMARTS) is 1. The number of piperidine rings is 1. The molecule has 0 aliphatic carbocycles. The second-order valence-corrected chi connectivity index (χ2v) is 5.76. The van der Waals surface area contributed by atoms with Crippen molar-refractivity contribution in [1.29, 1.82) is 0 Å². The highest BCUT2D eigenvalue weighted by molar-refractivity contribution is 7.11. The number of carbonyl (C=O) groups is 3. The minimum atomic E-state index is -1.04. The van der Waals surface area contributed by atoms with Gasteiger partial charge < -0.3 is 15.7 Å². The highest BCUT2D eigenvalue weighted by Gasteiger charge is 2.31. The van der Waals surface area contributed by atoms with E-state index in [1.54, 1.807) is 11.4 Å². The second-order valence-electron chi connectivity index (χ2n) is 4.82. The Morgan fingerprint density at radius 2 is 2.14 bits per heavy atom. The summed E-state index contributed by atoms with van der Waals surface area (Å²) < 4.78 is 0. The van der Waals surface area contributed by atoms with Crippen molar-refractivity contribution in [2.45, 2.75) is 25.3 Å². The monoisotopic (exact) mass is 308 g/mol. The van der Waals surface area contributed by atoms with E-state index in [4.69, 9.17) is 10.8 Å². The van der Waals surface area contributed by atoms with Gasteiger partial charge >= 0.3 is 5.97 Å². The van der Waals surface area contributed by atoms with Crippen LogP contribution in [0.15, 0.2) is 17.5 Å². The molecule has 2 heterocycles. The Morgan fingerprint density at radius 3 is 2.81 bits per heavy atom. The van der Waals surface area contributed by atoms with Gasteiger partial charge in [0.25, 0.3) is 5.91 Å². The molecule has 0 aromatic carbocycles. The molecule has 1 unspecified atom stereocenters. The zero-order valence-corrected chi connectivity index (χ0v) is 12.1. The first-order chi connectivity index (χ1) is 9.99. The maximum Gasteiger partial charge on any atom is 0.328 e. The molecule has 1 aromatic heterocycles. The number of carboxylic acids is 1. The number of hydrogen-bond acceptors (Lipinski definition) is 4. The third kappa shape index (κ3) is 3.69. The summed E-state index contributed by atoms with van der Waals surface area (Å²) in [4.78, 5) is 36.5. The van der Waals surface area contributed by atoms with Gasteiger partial charge in [-0.2, -0.15) is 0 Å². The molecule has 2 rings (SSSR count). The third-order valence-electron chi connectivity index (χ3n) is 3.35. The van der Waals surface area contributed by atoms with Crippen molar-refractivity contribution >= 4 is 35.2 Å². The number of rotatable bonds is 4. The molecule has 21 heavy (non-hydrogen) atoms. The van der Waals surface area contributed by atoms with E-state index in [2.05, 4.69) is 0 Å². The van der Waals surface area contributed by atoms with Crippen molar-refractivity contribution in [2.24, 2.45) is 5.73 Å². The van der Waals surface area contributed by atoms with Crippen molar-refractivity contribution in [3.8, 4) is 0 Å². The molecular formula is C14H16N2O4S. The minimum absolute atomic E-state index is 0.232. The molecule has 1 aliphatic heterocycles. The van der Waals surface area contributed by atoms with E-state index in [1.807, 2.05) is 0 Å². The summed E-state index contributed by atoms with van der Waals surface area (Å²) in [7, 11) is 0. The number of nitrogens with zero attached hydrogens (tertiary/aromatic N) is 1. The van der Waals surface area contributed by atoms with Crippen molar-refractivity contribution in [1.82, 2.24) is 4.90 Å². The van der Waals surface area contributed by atoms with E-state index in [0.717, 1.165) is 18.9 Å². The first kappa shape index (κ1) is 15.2. The Labute approximate surface area is 125 Å². The van der Waals surface area contributed by atoms with Crippen molar-refractivity contribution in [2.75, 3.05) is 6.54 Å². The van der Waals surface area contributed by atoms with Crippen LogP contribution < -0.4 is 5.73 Å². The number of aliphatic carboxylic acids is 1. The van der Waals surface area contributed by atoms with Crippen molar-refractivity contribution in [3.63, 3.8) is 0 Å². The van der Waals surface area contributed by atoms with Gasteiger partial charge in [-0.25, -0.2) is 4.79 Å². The highest BCUT2D eigenvalue weighted by atomic mass is 32.1. The normalized spacial score (nSPS) is 18.9. The number of likely N-dealkylation sites (tertiary alicyclic amines) is 1. The minimum Gasteiger partial charge on any atom is -0.478 e. The van der Waals surface area contributed by atoms with Gasteiger partial charge in [-0.3, -0.25) is 9.59 Å². The van der Waals surface area contributed by atoms with Gasteiger partial charge in [0.1, 0.15) is 6.04 Å². The molecule has 6 nitrogen and oxygen atoms in total. The summed E-state index contributed by atoms with van der Waals surface area (Å²) in [5, 5.41) is 10.2. The van der Waals surface area contributed by atoms with Crippen LogP contribution in [0.3, 0.4) is 0 Å². The van der Waals surface area contributed by atoms with Crippen molar-refractivity contribution < 1.29 is 19.5 Å². The number of carbonyl (C=O) groups excluding carboxylic acids is 2. The fourth-order valence-electron chi connectivity index (χ4n) is 2.34. The van der Waals surface area contributed by atoms with E-state index in [1.165, 1.54) is 22.3 Å². The molecule has 112 valence electrons. The first-order valence-electron chi connectivity index (χ1n) is 6.59. The highest BCUT2D eigenvalue weighted by Crippen LogP contribution is 2.23. The molecule has 1 aromatic rings. The van der Waals surface area contributed by atoms with Gasteiger partial charge in [0.15, 0.2) is 0 Å². The van der Waals surface area contributed by atoms with E-state index >= 15 is 0 Å². The molecule has 1 atom stereocenters. The van der Waals surface area contributed by atoms with Gasteiger partial charge in [-0.1, -0.05) is 0 Å². The lowest BCUT2D eigenvalue weighted by atomic mass is 10.0. The summed E-state index contributed by atoms with van der Waals surface area (Å²) in [5.74, 6) is -1.75. The molecule has 3 N–H and O–H groups in total. The number of nitrogens with two attached hydrogens (primary N) is 1. The average Bonchev–Trinajstić information content (AvgIpc) is 2.93. The van der Waals surface area contributed by atoms with E-state index in [0.29, 0.717) is 23.4 Å². The Bertz CT molecular complexity index is 594. The number of amides is 2. The molecule has 1 saturated heterocycles. The van der Waals surface area contributed by atoms with Gasteiger partial charge in [0, 0.05) is 22.9 Å². The summed E-state index contributed by atoms with van der Waals surface area (Å²) in [6, 6.07) is 1.07. The molecule has 0 saturated carbocycles. The summed E-state index contributed by atoms with van der Waals surface area (Å²) in [6.07, 6.45) is 4.79. The lowest BCUT2D eigenvalue weighted by Crippen LogP contribution is -2.50. The Kier molecular flexibility index (Phi) is 4.74. The summed E-state index contributed by atoms with van der Waals surface area (Å²) >= 11 is 1.28. The van der Waals surface area contributed by atoms with Crippen LogP contribution in [0.25, 0.3) is 6.08 Å². The molecule has 7 heteroatoms. The molecule has 1 aliphatic rings. The fourth-order valence-corrected chi connectivity index (χ4v) is 3.12. The number of thiophene rings is 1. The van der Waals surface area contributed by atoms with Crippen LogP contribution >= 0.6 is 11.3 Å². The fraction of sp³-hybridized carbons (Fsp3) is 0.357. The van der Waals surface area contributed by atoms with Crippen LogP contribution in [0, 0.1) is 0 Å². The first-order valence-corrected chi connectivity index (χ1v) is 7.47. The molecule has 0 radical (unpaired) electrons. The summed E-state index contributed by atoms with van der Waals surface area (Å²) in [5.41, 5.74) is 5.81. The quantitative estimate of drug-likeness (QED) is 0.819. The maximum absolute atomic E-state index is 12.5. The van der Waals surface area contributed by atoms with Gasteiger partial charge in [0.05, 0.1) is 5.56 Å². The third-order valence-corrected chi connectivity index (χ3v) is 4.25. The van der Waals surface area contributed by atoms with Crippen LogP contribution in [-0.4, -0.2) is 40.4 Å². The lowest BCUT2D eigenvalue weighted by molar-refractivity contribution is -0.131. The van der Waals surface area contributed by atoms with Gasteiger partial charge in [-0.05, 0) is 31.4 Å². The van der Waals surface area contributed by atoms with Crippen molar-refractivity contribution in [3.05, 3.63) is 28.0 Å². The summed E-state index contributed by atoms with van der Waals surface area (Å²) in [6.45, 7) is 0.516. The predicted molar refractivity (Wildman–Crippen MR) is 78.9 cm³/mol. The second kappa shape index (κ2) is 6.53. The molecule has 2 amide bonds. The number of hydrogen-bond donors (Lipinski definition) is 2. The van der Waals surface area contributed by atoms with Crippen LogP contribution in [0.5, 0.6) is 0 Å². The molecular weight excluding hydrogens is 292 g/mol. The Balaban J connectivity index is 2.15. The number of primary amides is 1. The molecule has 1 fully saturated rings. The standard InChI is InChI=1S/C14H16N2O4S/c15-13(19)11-3-1-2-6-16(11)14(20)9-7-10(21-8-9)4-5-12(17)18/h4-5,7-8,11H,1-3,6H2,(H2,15,19)(H,17,18).